The third-order valence-corrected chi connectivity index (χ3v) is 4.41. The summed E-state index contributed by atoms with van der Waals surface area (Å²) in [6.07, 6.45) is 1.26. The summed E-state index contributed by atoms with van der Waals surface area (Å²) in [7, 11) is 0. The Labute approximate surface area is 169 Å². The van der Waals surface area contributed by atoms with Gasteiger partial charge in [0.2, 0.25) is 5.91 Å². The number of hydrogen-bond donors (Lipinski definition) is 2. The first-order chi connectivity index (χ1) is 14.1. The van der Waals surface area contributed by atoms with Gasteiger partial charge >= 0.3 is 5.97 Å². The number of carboxylic acid groups (broad SMARTS) is 1. The summed E-state index contributed by atoms with van der Waals surface area (Å²) >= 11 is 0. The van der Waals surface area contributed by atoms with Crippen LogP contribution in [0.25, 0.3) is 11.4 Å². The molecule has 3 aromatic rings. The summed E-state index contributed by atoms with van der Waals surface area (Å²) in [5, 5.41) is 12.3. The van der Waals surface area contributed by atoms with Crippen LogP contribution in [0.1, 0.15) is 22.8 Å². The minimum Gasteiger partial charge on any atom is -0.477 e. The lowest BCUT2D eigenvalue weighted by Crippen LogP contribution is -2.35. The van der Waals surface area contributed by atoms with Crippen molar-refractivity contribution in [3.05, 3.63) is 78.0 Å². The van der Waals surface area contributed by atoms with Crippen molar-refractivity contribution in [2.45, 2.75) is 13.5 Å². The van der Waals surface area contributed by atoms with Gasteiger partial charge in [-0.15, -0.1) is 0 Å². The van der Waals surface area contributed by atoms with Crippen molar-refractivity contribution in [1.82, 2.24) is 14.9 Å². The number of aromatic carboxylic acids is 1. The van der Waals surface area contributed by atoms with Crippen LogP contribution in [-0.4, -0.2) is 44.9 Å². The Morgan fingerprint density at radius 2 is 1.69 bits per heavy atom. The fourth-order valence-electron chi connectivity index (χ4n) is 2.85. The van der Waals surface area contributed by atoms with E-state index in [1.54, 1.807) is 4.90 Å². The summed E-state index contributed by atoms with van der Waals surface area (Å²) < 4.78 is 0. The van der Waals surface area contributed by atoms with Gasteiger partial charge in [0.05, 0.1) is 6.54 Å². The van der Waals surface area contributed by atoms with Gasteiger partial charge in [-0.2, -0.15) is 0 Å². The van der Waals surface area contributed by atoms with Crippen molar-refractivity contribution in [1.29, 1.82) is 0 Å². The molecule has 0 aliphatic carbocycles. The second-order valence-corrected chi connectivity index (χ2v) is 6.37. The molecule has 0 saturated heterocycles. The van der Waals surface area contributed by atoms with Gasteiger partial charge in [0.1, 0.15) is 11.4 Å². The summed E-state index contributed by atoms with van der Waals surface area (Å²) in [6, 6.07) is 19.0. The molecule has 1 amide bonds. The van der Waals surface area contributed by atoms with Crippen molar-refractivity contribution in [2.24, 2.45) is 0 Å². The first-order valence-electron chi connectivity index (χ1n) is 9.29. The van der Waals surface area contributed by atoms with Gasteiger partial charge in [-0.05, 0) is 12.5 Å². The summed E-state index contributed by atoms with van der Waals surface area (Å²) in [6.45, 7) is 2.87. The van der Waals surface area contributed by atoms with E-state index in [4.69, 9.17) is 0 Å². The van der Waals surface area contributed by atoms with E-state index in [0.29, 0.717) is 18.9 Å². The Morgan fingerprint density at radius 3 is 2.31 bits per heavy atom. The highest BCUT2D eigenvalue weighted by atomic mass is 16.4. The molecule has 3 rings (SSSR count). The minimum atomic E-state index is -1.16. The molecule has 2 aromatic carbocycles. The zero-order chi connectivity index (χ0) is 20.6. The molecule has 1 heterocycles. The highest BCUT2D eigenvalue weighted by Crippen LogP contribution is 2.19. The molecule has 148 valence electrons. The Hall–Kier alpha value is -3.74. The van der Waals surface area contributed by atoms with Crippen LogP contribution in [0.15, 0.2) is 66.9 Å². The minimum absolute atomic E-state index is 0.0633. The second kappa shape index (κ2) is 9.45. The molecule has 2 N–H and O–H groups in total. The molecule has 0 aliphatic heterocycles. The number of likely N-dealkylation sites (N-methyl/N-ethyl adjacent to an activating group) is 1. The van der Waals surface area contributed by atoms with Crippen molar-refractivity contribution in [2.75, 3.05) is 18.4 Å². The fraction of sp³-hybridized carbons (Fsp3) is 0.182. The Balaban J connectivity index is 1.75. The van der Waals surface area contributed by atoms with E-state index in [1.165, 1.54) is 6.20 Å². The number of carbonyl (C=O) groups is 2. The molecular formula is C22H22N4O3. The van der Waals surface area contributed by atoms with Crippen LogP contribution in [0.3, 0.4) is 0 Å². The van der Waals surface area contributed by atoms with Crippen LogP contribution in [0.5, 0.6) is 0 Å². The summed E-state index contributed by atoms with van der Waals surface area (Å²) in [4.78, 5) is 34.4. The maximum absolute atomic E-state index is 12.7. The molecule has 0 radical (unpaired) electrons. The standard InChI is InChI=1S/C22H22N4O3/c1-2-26(15-16-9-5-3-6-10-16)19(27)14-24-21-18(22(28)29)13-23-20(25-21)17-11-7-4-8-12-17/h3-13H,2,14-15H2,1H3,(H,28,29)(H,23,24,25). The van der Waals surface area contributed by atoms with E-state index in [9.17, 15) is 14.7 Å². The maximum atomic E-state index is 12.7. The normalized spacial score (nSPS) is 10.4. The van der Waals surface area contributed by atoms with Gasteiger partial charge in [0, 0.05) is 24.8 Å². The number of carbonyl (C=O) groups excluding carboxylic acids is 1. The summed E-state index contributed by atoms with van der Waals surface area (Å²) in [5.41, 5.74) is 1.71. The second-order valence-electron chi connectivity index (χ2n) is 6.37. The molecule has 0 saturated carbocycles. The lowest BCUT2D eigenvalue weighted by atomic mass is 10.2. The number of anilines is 1. The number of aromatic nitrogens is 2. The van der Waals surface area contributed by atoms with Crippen molar-refractivity contribution in [3.8, 4) is 11.4 Å². The van der Waals surface area contributed by atoms with Crippen molar-refractivity contribution in [3.63, 3.8) is 0 Å². The van der Waals surface area contributed by atoms with Gasteiger partial charge in [-0.3, -0.25) is 4.79 Å². The van der Waals surface area contributed by atoms with Gasteiger partial charge in [0.15, 0.2) is 5.82 Å². The molecule has 0 fully saturated rings. The van der Waals surface area contributed by atoms with E-state index >= 15 is 0 Å². The molecule has 0 atom stereocenters. The van der Waals surface area contributed by atoms with E-state index < -0.39 is 5.97 Å². The zero-order valence-electron chi connectivity index (χ0n) is 16.1. The number of nitrogens with one attached hydrogen (secondary N) is 1. The van der Waals surface area contributed by atoms with Crippen LogP contribution >= 0.6 is 0 Å². The topological polar surface area (TPSA) is 95.4 Å². The predicted molar refractivity (Wildman–Crippen MR) is 110 cm³/mol. The molecule has 29 heavy (non-hydrogen) atoms. The van der Waals surface area contributed by atoms with Crippen LogP contribution in [0.2, 0.25) is 0 Å². The molecule has 0 bridgehead atoms. The van der Waals surface area contributed by atoms with Crippen molar-refractivity contribution >= 4 is 17.7 Å². The molecule has 7 nitrogen and oxygen atoms in total. The van der Waals surface area contributed by atoms with Gasteiger partial charge in [-0.1, -0.05) is 60.7 Å². The molecule has 0 aliphatic rings. The SMILES string of the molecule is CCN(Cc1ccccc1)C(=O)CNc1nc(-c2ccccc2)ncc1C(=O)O. The third-order valence-electron chi connectivity index (χ3n) is 4.41. The van der Waals surface area contributed by atoms with Crippen LogP contribution in [0.4, 0.5) is 5.82 Å². The predicted octanol–water partition coefficient (Wildman–Crippen LogP) is 3.30. The van der Waals surface area contributed by atoms with Gasteiger partial charge in [0.25, 0.3) is 0 Å². The number of rotatable bonds is 8. The third kappa shape index (κ3) is 5.16. The number of hydrogen-bond acceptors (Lipinski definition) is 5. The van der Waals surface area contributed by atoms with Crippen LogP contribution in [-0.2, 0) is 11.3 Å². The highest BCUT2D eigenvalue weighted by Gasteiger charge is 2.17. The van der Waals surface area contributed by atoms with E-state index in [1.807, 2.05) is 67.6 Å². The quantitative estimate of drug-likeness (QED) is 0.613. The molecule has 0 spiro atoms. The number of amides is 1. The first-order valence-corrected chi connectivity index (χ1v) is 9.29. The van der Waals surface area contributed by atoms with E-state index in [-0.39, 0.29) is 23.8 Å². The smallest absolute Gasteiger partial charge is 0.341 e. The van der Waals surface area contributed by atoms with Gasteiger partial charge in [-0.25, -0.2) is 14.8 Å². The maximum Gasteiger partial charge on any atom is 0.341 e. The van der Waals surface area contributed by atoms with Crippen LogP contribution < -0.4 is 5.32 Å². The van der Waals surface area contributed by atoms with E-state index in [2.05, 4.69) is 15.3 Å². The largest absolute Gasteiger partial charge is 0.477 e. The number of benzene rings is 2. The Kier molecular flexibility index (Phi) is 6.52. The Bertz CT molecular complexity index is 978. The van der Waals surface area contributed by atoms with Crippen molar-refractivity contribution < 1.29 is 14.7 Å². The molecular weight excluding hydrogens is 368 g/mol. The number of carboxylic acids is 1. The number of nitrogens with zero attached hydrogens (tertiary/aromatic N) is 3. The lowest BCUT2D eigenvalue weighted by Gasteiger charge is -2.21. The Morgan fingerprint density at radius 1 is 1.03 bits per heavy atom. The monoisotopic (exact) mass is 390 g/mol. The molecule has 7 heteroatoms. The average molecular weight is 390 g/mol. The lowest BCUT2D eigenvalue weighted by molar-refractivity contribution is -0.129. The average Bonchev–Trinajstić information content (AvgIpc) is 2.76. The summed E-state index contributed by atoms with van der Waals surface area (Å²) in [5.74, 6) is -0.790. The zero-order valence-corrected chi connectivity index (χ0v) is 16.1. The molecule has 0 unspecified atom stereocenters. The highest BCUT2D eigenvalue weighted by molar-refractivity contribution is 5.94. The fourth-order valence-corrected chi connectivity index (χ4v) is 2.85. The first kappa shape index (κ1) is 20.0. The molecule has 1 aromatic heterocycles. The van der Waals surface area contributed by atoms with E-state index in [0.717, 1.165) is 11.1 Å². The van der Waals surface area contributed by atoms with Crippen LogP contribution in [0, 0.1) is 0 Å². The van der Waals surface area contributed by atoms with Gasteiger partial charge < -0.3 is 15.3 Å².